The maximum atomic E-state index is 12.4. The molecule has 0 spiro atoms. The SMILES string of the molecule is CCn1c(CNC(=O)c2ccc(Cl)c(Cl)c2)nnc1SCC(=O)Nc1ccc(C)cc1. The molecule has 1 aromatic heterocycles. The van der Waals surface area contributed by atoms with Gasteiger partial charge in [0, 0.05) is 17.8 Å². The van der Waals surface area contributed by atoms with Crippen LogP contribution < -0.4 is 10.6 Å². The van der Waals surface area contributed by atoms with Gasteiger partial charge in [-0.1, -0.05) is 52.7 Å². The largest absolute Gasteiger partial charge is 0.345 e. The molecule has 0 aliphatic carbocycles. The molecule has 2 aromatic carbocycles. The van der Waals surface area contributed by atoms with Crippen LogP contribution in [0.25, 0.3) is 0 Å². The molecule has 0 bridgehead atoms. The van der Waals surface area contributed by atoms with E-state index in [4.69, 9.17) is 23.2 Å². The molecule has 0 atom stereocenters. The number of aryl methyl sites for hydroxylation is 1. The van der Waals surface area contributed by atoms with Crippen LogP contribution in [0.4, 0.5) is 5.69 Å². The van der Waals surface area contributed by atoms with Gasteiger partial charge in [0.15, 0.2) is 11.0 Å². The number of thioether (sulfide) groups is 1. The Kier molecular flexibility index (Phi) is 7.95. The second-order valence-corrected chi connectivity index (χ2v) is 8.41. The molecule has 31 heavy (non-hydrogen) atoms. The smallest absolute Gasteiger partial charge is 0.251 e. The average molecular weight is 478 g/mol. The van der Waals surface area contributed by atoms with Gasteiger partial charge in [-0.05, 0) is 44.2 Å². The number of benzene rings is 2. The number of halogens is 2. The number of anilines is 1. The normalized spacial score (nSPS) is 10.7. The Morgan fingerprint density at radius 1 is 1.06 bits per heavy atom. The predicted octanol–water partition coefficient (Wildman–Crippen LogP) is 4.57. The van der Waals surface area contributed by atoms with Gasteiger partial charge >= 0.3 is 0 Å². The average Bonchev–Trinajstić information content (AvgIpc) is 3.16. The van der Waals surface area contributed by atoms with Crippen LogP contribution in [0, 0.1) is 6.92 Å². The summed E-state index contributed by atoms with van der Waals surface area (Å²) >= 11 is 13.1. The molecule has 0 saturated carbocycles. The Morgan fingerprint density at radius 2 is 1.81 bits per heavy atom. The van der Waals surface area contributed by atoms with Gasteiger partial charge in [-0.25, -0.2) is 0 Å². The molecule has 3 rings (SSSR count). The molecule has 0 radical (unpaired) electrons. The number of carbonyl (C=O) groups is 2. The summed E-state index contributed by atoms with van der Waals surface area (Å²) in [7, 11) is 0. The summed E-state index contributed by atoms with van der Waals surface area (Å²) in [5.41, 5.74) is 2.28. The van der Waals surface area contributed by atoms with Crippen LogP contribution >= 0.6 is 35.0 Å². The molecule has 162 valence electrons. The van der Waals surface area contributed by atoms with E-state index in [1.165, 1.54) is 17.8 Å². The summed E-state index contributed by atoms with van der Waals surface area (Å²) in [5, 5.41) is 15.3. The van der Waals surface area contributed by atoms with E-state index < -0.39 is 0 Å². The third kappa shape index (κ3) is 6.22. The molecule has 10 heteroatoms. The number of hydrogen-bond acceptors (Lipinski definition) is 5. The number of aromatic nitrogens is 3. The Balaban J connectivity index is 1.57. The van der Waals surface area contributed by atoms with Gasteiger partial charge in [0.1, 0.15) is 0 Å². The van der Waals surface area contributed by atoms with Crippen molar-refractivity contribution in [2.75, 3.05) is 11.1 Å². The van der Waals surface area contributed by atoms with E-state index in [2.05, 4.69) is 20.8 Å². The second-order valence-electron chi connectivity index (χ2n) is 6.66. The van der Waals surface area contributed by atoms with E-state index in [9.17, 15) is 9.59 Å². The van der Waals surface area contributed by atoms with Crippen molar-refractivity contribution < 1.29 is 9.59 Å². The zero-order chi connectivity index (χ0) is 22.4. The number of hydrogen-bond donors (Lipinski definition) is 2. The summed E-state index contributed by atoms with van der Waals surface area (Å²) < 4.78 is 1.86. The van der Waals surface area contributed by atoms with Gasteiger partial charge in [0.05, 0.1) is 22.3 Å². The summed E-state index contributed by atoms with van der Waals surface area (Å²) in [6, 6.07) is 12.3. The van der Waals surface area contributed by atoms with Crippen molar-refractivity contribution in [1.29, 1.82) is 0 Å². The number of amides is 2. The van der Waals surface area contributed by atoms with Crippen LogP contribution in [0.1, 0.15) is 28.7 Å². The van der Waals surface area contributed by atoms with E-state index >= 15 is 0 Å². The fourth-order valence-corrected chi connectivity index (χ4v) is 3.86. The van der Waals surface area contributed by atoms with Crippen molar-refractivity contribution >= 4 is 52.5 Å². The minimum atomic E-state index is -0.295. The molecular weight excluding hydrogens is 457 g/mol. The Morgan fingerprint density at radius 3 is 2.48 bits per heavy atom. The molecule has 2 amide bonds. The van der Waals surface area contributed by atoms with Crippen LogP contribution in [-0.2, 0) is 17.9 Å². The predicted molar refractivity (Wildman–Crippen MR) is 124 cm³/mol. The lowest BCUT2D eigenvalue weighted by Crippen LogP contribution is -2.24. The van der Waals surface area contributed by atoms with Crippen molar-refractivity contribution in [3.63, 3.8) is 0 Å². The van der Waals surface area contributed by atoms with Gasteiger partial charge in [0.25, 0.3) is 5.91 Å². The summed E-state index contributed by atoms with van der Waals surface area (Å²) in [6.07, 6.45) is 0. The van der Waals surface area contributed by atoms with E-state index in [1.807, 2.05) is 42.7 Å². The molecule has 0 aliphatic heterocycles. The lowest BCUT2D eigenvalue weighted by molar-refractivity contribution is -0.113. The highest BCUT2D eigenvalue weighted by Gasteiger charge is 2.15. The summed E-state index contributed by atoms with van der Waals surface area (Å²) in [6.45, 7) is 4.73. The van der Waals surface area contributed by atoms with Gasteiger partial charge in [0.2, 0.25) is 5.91 Å². The van der Waals surface area contributed by atoms with Crippen LogP contribution in [0.3, 0.4) is 0 Å². The molecule has 2 N–H and O–H groups in total. The highest BCUT2D eigenvalue weighted by Crippen LogP contribution is 2.23. The number of nitrogens with one attached hydrogen (secondary N) is 2. The number of nitrogens with zero attached hydrogens (tertiary/aromatic N) is 3. The van der Waals surface area contributed by atoms with Crippen molar-refractivity contribution in [2.24, 2.45) is 0 Å². The van der Waals surface area contributed by atoms with Crippen molar-refractivity contribution in [3.8, 4) is 0 Å². The van der Waals surface area contributed by atoms with Gasteiger partial charge in [-0.3, -0.25) is 9.59 Å². The van der Waals surface area contributed by atoms with Gasteiger partial charge in [-0.2, -0.15) is 0 Å². The standard InChI is InChI=1S/C21H21Cl2N5O2S/c1-3-28-18(11-24-20(30)14-6-9-16(22)17(23)10-14)26-27-21(28)31-12-19(29)25-15-7-4-13(2)5-8-15/h4-10H,3,11-12H2,1-2H3,(H,24,30)(H,25,29). The van der Waals surface area contributed by atoms with Crippen molar-refractivity contribution in [1.82, 2.24) is 20.1 Å². The molecule has 0 unspecified atom stereocenters. The molecular formula is C21H21Cl2N5O2S. The zero-order valence-electron chi connectivity index (χ0n) is 17.0. The lowest BCUT2D eigenvalue weighted by Gasteiger charge is -2.09. The first-order valence-corrected chi connectivity index (χ1v) is 11.3. The fraction of sp³-hybridized carbons (Fsp3) is 0.238. The van der Waals surface area contributed by atoms with Crippen LogP contribution in [-0.4, -0.2) is 32.3 Å². The summed E-state index contributed by atoms with van der Waals surface area (Å²) in [5.74, 6) is 0.365. The van der Waals surface area contributed by atoms with Crippen LogP contribution in [0.2, 0.25) is 10.0 Å². The maximum Gasteiger partial charge on any atom is 0.251 e. The van der Waals surface area contributed by atoms with Crippen molar-refractivity contribution in [3.05, 3.63) is 69.5 Å². The quantitative estimate of drug-likeness (QED) is 0.463. The monoisotopic (exact) mass is 477 g/mol. The lowest BCUT2D eigenvalue weighted by atomic mass is 10.2. The third-order valence-electron chi connectivity index (χ3n) is 4.37. The molecule has 0 aliphatic rings. The number of rotatable bonds is 8. The van der Waals surface area contributed by atoms with Crippen LogP contribution in [0.5, 0.6) is 0 Å². The minimum Gasteiger partial charge on any atom is -0.345 e. The van der Waals surface area contributed by atoms with Gasteiger partial charge < -0.3 is 15.2 Å². The minimum absolute atomic E-state index is 0.131. The van der Waals surface area contributed by atoms with E-state index in [-0.39, 0.29) is 24.1 Å². The van der Waals surface area contributed by atoms with Crippen LogP contribution in [0.15, 0.2) is 47.6 Å². The first-order chi connectivity index (χ1) is 14.9. The number of carbonyl (C=O) groups excluding carboxylic acids is 2. The molecule has 3 aromatic rings. The van der Waals surface area contributed by atoms with E-state index in [1.54, 1.807) is 12.1 Å². The second kappa shape index (κ2) is 10.7. The van der Waals surface area contributed by atoms with Crippen molar-refractivity contribution in [2.45, 2.75) is 32.1 Å². The van der Waals surface area contributed by atoms with Gasteiger partial charge in [-0.15, -0.1) is 10.2 Å². The Bertz CT molecular complexity index is 1090. The summed E-state index contributed by atoms with van der Waals surface area (Å²) in [4.78, 5) is 24.6. The van der Waals surface area contributed by atoms with E-state index in [0.29, 0.717) is 33.1 Å². The fourth-order valence-electron chi connectivity index (χ4n) is 2.74. The highest BCUT2D eigenvalue weighted by atomic mass is 35.5. The third-order valence-corrected chi connectivity index (χ3v) is 6.07. The first-order valence-electron chi connectivity index (χ1n) is 9.52. The topological polar surface area (TPSA) is 88.9 Å². The zero-order valence-corrected chi connectivity index (χ0v) is 19.3. The molecule has 0 saturated heterocycles. The molecule has 0 fully saturated rings. The molecule has 7 nitrogen and oxygen atoms in total. The molecule has 1 heterocycles. The first kappa shape index (κ1) is 23.1. The maximum absolute atomic E-state index is 12.4. The Hall–Kier alpha value is -2.55. The Labute approximate surface area is 194 Å². The van der Waals surface area contributed by atoms with E-state index in [0.717, 1.165) is 11.3 Å². The highest BCUT2D eigenvalue weighted by molar-refractivity contribution is 7.99.